The quantitative estimate of drug-likeness (QED) is 0.811. The lowest BCUT2D eigenvalue weighted by Gasteiger charge is -2.32. The first-order valence-electron chi connectivity index (χ1n) is 6.27. The van der Waals surface area contributed by atoms with Gasteiger partial charge in [-0.3, -0.25) is 0 Å². The van der Waals surface area contributed by atoms with Crippen molar-refractivity contribution in [3.05, 3.63) is 35.9 Å². The summed E-state index contributed by atoms with van der Waals surface area (Å²) >= 11 is 0. The van der Waals surface area contributed by atoms with Gasteiger partial charge in [-0.2, -0.15) is 4.31 Å². The van der Waals surface area contributed by atoms with Crippen LogP contribution in [0.2, 0.25) is 0 Å². The van der Waals surface area contributed by atoms with Crippen molar-refractivity contribution < 1.29 is 17.9 Å². The summed E-state index contributed by atoms with van der Waals surface area (Å²) in [7, 11) is -1.76. The van der Waals surface area contributed by atoms with Gasteiger partial charge < -0.3 is 9.47 Å². The van der Waals surface area contributed by atoms with Crippen molar-refractivity contribution in [3.63, 3.8) is 0 Å². The molecule has 0 amide bonds. The van der Waals surface area contributed by atoms with Gasteiger partial charge in [-0.15, -0.1) is 0 Å². The molecule has 1 unspecified atom stereocenters. The molecule has 0 saturated carbocycles. The maximum absolute atomic E-state index is 12.1. The molecule has 0 N–H and O–H groups in total. The van der Waals surface area contributed by atoms with Gasteiger partial charge in [-0.05, 0) is 5.56 Å². The average molecular weight is 285 g/mol. The van der Waals surface area contributed by atoms with Gasteiger partial charge in [0.1, 0.15) is 0 Å². The van der Waals surface area contributed by atoms with Crippen molar-refractivity contribution in [2.24, 2.45) is 0 Å². The minimum absolute atomic E-state index is 0.0189. The van der Waals surface area contributed by atoms with Gasteiger partial charge in [-0.25, -0.2) is 8.42 Å². The monoisotopic (exact) mass is 285 g/mol. The summed E-state index contributed by atoms with van der Waals surface area (Å²) in [4.78, 5) is 0. The summed E-state index contributed by atoms with van der Waals surface area (Å²) in [5.74, 6) is 0.0189. The third kappa shape index (κ3) is 3.76. The van der Waals surface area contributed by atoms with E-state index in [1.54, 1.807) is 0 Å². The van der Waals surface area contributed by atoms with Gasteiger partial charge in [0.2, 0.25) is 10.0 Å². The minimum Gasteiger partial charge on any atom is -0.384 e. The number of methoxy groups -OCH3 is 1. The highest BCUT2D eigenvalue weighted by atomic mass is 32.2. The van der Waals surface area contributed by atoms with E-state index in [4.69, 9.17) is 9.47 Å². The maximum atomic E-state index is 12.1. The summed E-state index contributed by atoms with van der Waals surface area (Å²) in [5.41, 5.74) is 1.01. The topological polar surface area (TPSA) is 55.8 Å². The zero-order valence-corrected chi connectivity index (χ0v) is 11.8. The molecule has 1 atom stereocenters. The number of hydrogen-bond donors (Lipinski definition) is 0. The molecule has 0 spiro atoms. The smallest absolute Gasteiger partial charge is 0.216 e. The summed E-state index contributed by atoms with van der Waals surface area (Å²) in [6, 6.07) is 9.69. The van der Waals surface area contributed by atoms with Crippen molar-refractivity contribution in [1.82, 2.24) is 4.31 Å². The molecule has 1 aliphatic rings. The van der Waals surface area contributed by atoms with Gasteiger partial charge >= 0.3 is 0 Å². The molecule has 0 bridgehead atoms. The standard InChI is InChI=1S/C13H19NO4S/c1-17-9-10-19(15,16)14-7-8-18-13(11-14)12-5-3-2-4-6-12/h2-6,13H,7-11H2,1H3. The van der Waals surface area contributed by atoms with Crippen LogP contribution in [0, 0.1) is 0 Å². The van der Waals surface area contributed by atoms with Crippen LogP contribution in [0.1, 0.15) is 11.7 Å². The molecule has 0 radical (unpaired) electrons. The Kier molecular flexibility index (Phi) is 4.93. The van der Waals surface area contributed by atoms with Crippen molar-refractivity contribution in [1.29, 1.82) is 0 Å². The summed E-state index contributed by atoms with van der Waals surface area (Å²) in [5, 5.41) is 0. The maximum Gasteiger partial charge on any atom is 0.216 e. The molecule has 1 aliphatic heterocycles. The summed E-state index contributed by atoms with van der Waals surface area (Å²) in [6.45, 7) is 1.42. The Bertz CT molecular complexity index is 489. The van der Waals surface area contributed by atoms with E-state index < -0.39 is 10.0 Å². The predicted molar refractivity (Wildman–Crippen MR) is 72.4 cm³/mol. The Morgan fingerprint density at radius 3 is 2.79 bits per heavy atom. The van der Waals surface area contributed by atoms with E-state index in [-0.39, 0.29) is 18.5 Å². The van der Waals surface area contributed by atoms with Crippen LogP contribution in [-0.4, -0.2) is 51.9 Å². The second kappa shape index (κ2) is 6.47. The van der Waals surface area contributed by atoms with E-state index in [0.29, 0.717) is 19.7 Å². The van der Waals surface area contributed by atoms with Gasteiger partial charge in [0, 0.05) is 20.2 Å². The molecule has 2 rings (SSSR count). The van der Waals surface area contributed by atoms with Crippen LogP contribution in [0.3, 0.4) is 0 Å². The molecule has 6 heteroatoms. The normalized spacial score (nSPS) is 21.4. The van der Waals surface area contributed by atoms with E-state index in [9.17, 15) is 8.42 Å². The highest BCUT2D eigenvalue weighted by molar-refractivity contribution is 7.89. The van der Waals surface area contributed by atoms with E-state index in [1.807, 2.05) is 30.3 Å². The Balaban J connectivity index is 2.05. The van der Waals surface area contributed by atoms with Crippen LogP contribution in [0.5, 0.6) is 0 Å². The molecule has 19 heavy (non-hydrogen) atoms. The average Bonchev–Trinajstić information content (AvgIpc) is 2.46. The predicted octanol–water partition coefficient (Wildman–Crippen LogP) is 1.04. The molecule has 1 saturated heterocycles. The molecular formula is C13H19NO4S. The first kappa shape index (κ1) is 14.5. The lowest BCUT2D eigenvalue weighted by molar-refractivity contribution is -0.00268. The largest absolute Gasteiger partial charge is 0.384 e. The lowest BCUT2D eigenvalue weighted by atomic mass is 10.1. The van der Waals surface area contributed by atoms with Crippen molar-refractivity contribution in [2.75, 3.05) is 39.2 Å². The highest BCUT2D eigenvalue weighted by Crippen LogP contribution is 2.23. The Hall–Kier alpha value is -0.950. The van der Waals surface area contributed by atoms with Gasteiger partial charge in [0.25, 0.3) is 0 Å². The molecule has 1 aromatic carbocycles. The molecule has 1 fully saturated rings. The van der Waals surface area contributed by atoms with Gasteiger partial charge in [-0.1, -0.05) is 30.3 Å². The Labute approximate surface area is 114 Å². The van der Waals surface area contributed by atoms with Crippen molar-refractivity contribution in [3.8, 4) is 0 Å². The zero-order valence-electron chi connectivity index (χ0n) is 11.0. The van der Waals surface area contributed by atoms with Crippen LogP contribution in [0.4, 0.5) is 0 Å². The number of rotatable bonds is 5. The second-order valence-electron chi connectivity index (χ2n) is 4.44. The number of nitrogens with zero attached hydrogens (tertiary/aromatic N) is 1. The molecule has 0 aromatic heterocycles. The molecule has 5 nitrogen and oxygen atoms in total. The van der Waals surface area contributed by atoms with Crippen LogP contribution >= 0.6 is 0 Å². The fraction of sp³-hybridized carbons (Fsp3) is 0.538. The van der Waals surface area contributed by atoms with E-state index in [2.05, 4.69) is 0 Å². The van der Waals surface area contributed by atoms with Crippen LogP contribution in [-0.2, 0) is 19.5 Å². The highest BCUT2D eigenvalue weighted by Gasteiger charge is 2.29. The van der Waals surface area contributed by atoms with Crippen molar-refractivity contribution in [2.45, 2.75) is 6.10 Å². The number of benzene rings is 1. The Morgan fingerprint density at radius 1 is 1.37 bits per heavy atom. The molecule has 1 aromatic rings. The van der Waals surface area contributed by atoms with Gasteiger partial charge in [0.05, 0.1) is 25.1 Å². The number of morpholine rings is 1. The summed E-state index contributed by atoms with van der Waals surface area (Å²) < 4.78 is 36.2. The molecule has 106 valence electrons. The van der Waals surface area contributed by atoms with Crippen LogP contribution in [0.15, 0.2) is 30.3 Å². The fourth-order valence-electron chi connectivity index (χ4n) is 2.07. The second-order valence-corrected chi connectivity index (χ2v) is 6.53. The van der Waals surface area contributed by atoms with Crippen molar-refractivity contribution >= 4 is 10.0 Å². The first-order valence-corrected chi connectivity index (χ1v) is 7.88. The fourth-order valence-corrected chi connectivity index (χ4v) is 3.42. The van der Waals surface area contributed by atoms with Gasteiger partial charge in [0.15, 0.2) is 0 Å². The molecule has 1 heterocycles. The first-order chi connectivity index (χ1) is 9.13. The van der Waals surface area contributed by atoms with E-state index in [1.165, 1.54) is 11.4 Å². The van der Waals surface area contributed by atoms with Crippen LogP contribution < -0.4 is 0 Å². The van der Waals surface area contributed by atoms with E-state index >= 15 is 0 Å². The lowest BCUT2D eigenvalue weighted by Crippen LogP contribution is -2.43. The number of hydrogen-bond acceptors (Lipinski definition) is 4. The number of sulfonamides is 1. The molecular weight excluding hydrogens is 266 g/mol. The van der Waals surface area contributed by atoms with E-state index in [0.717, 1.165) is 5.56 Å². The minimum atomic E-state index is -3.26. The third-order valence-electron chi connectivity index (χ3n) is 3.14. The van der Waals surface area contributed by atoms with Crippen LogP contribution in [0.25, 0.3) is 0 Å². The Morgan fingerprint density at radius 2 is 2.11 bits per heavy atom. The zero-order chi connectivity index (χ0) is 13.7. The third-order valence-corrected chi connectivity index (χ3v) is 4.94. The SMILES string of the molecule is COCCS(=O)(=O)N1CCOC(c2ccccc2)C1. The summed E-state index contributed by atoms with van der Waals surface area (Å²) in [6.07, 6.45) is -0.188. The number of ether oxygens (including phenoxy) is 2. The molecule has 0 aliphatic carbocycles.